The minimum atomic E-state index is -0.249. The SMILES string of the molecule is Cc1cc2ccccc2n1CCCC[N+](=O)[O-]. The van der Waals surface area contributed by atoms with Crippen molar-refractivity contribution in [1.29, 1.82) is 0 Å². The maximum Gasteiger partial charge on any atom is 0.203 e. The van der Waals surface area contributed by atoms with Gasteiger partial charge in [-0.05, 0) is 30.9 Å². The molecule has 0 fully saturated rings. The van der Waals surface area contributed by atoms with Crippen LogP contribution in [0.5, 0.6) is 0 Å². The van der Waals surface area contributed by atoms with Crippen molar-refractivity contribution in [3.05, 3.63) is 46.1 Å². The average Bonchev–Trinajstić information content (AvgIpc) is 2.60. The Morgan fingerprint density at radius 1 is 1.29 bits per heavy atom. The van der Waals surface area contributed by atoms with Gasteiger partial charge in [-0.2, -0.15) is 0 Å². The molecular weight excluding hydrogens is 216 g/mol. The summed E-state index contributed by atoms with van der Waals surface area (Å²) in [5, 5.41) is 11.5. The van der Waals surface area contributed by atoms with E-state index in [1.54, 1.807) is 0 Å². The van der Waals surface area contributed by atoms with E-state index in [0.29, 0.717) is 6.42 Å². The van der Waals surface area contributed by atoms with Crippen molar-refractivity contribution >= 4 is 10.9 Å². The van der Waals surface area contributed by atoms with Crippen LogP contribution in [0.2, 0.25) is 0 Å². The Kier molecular flexibility index (Phi) is 3.42. The number of aryl methyl sites for hydroxylation is 2. The molecule has 0 N–H and O–H groups in total. The Morgan fingerprint density at radius 3 is 2.82 bits per heavy atom. The summed E-state index contributed by atoms with van der Waals surface area (Å²) in [7, 11) is 0. The molecule has 1 heterocycles. The molecule has 2 rings (SSSR count). The first-order valence-electron chi connectivity index (χ1n) is 5.85. The van der Waals surface area contributed by atoms with E-state index in [9.17, 15) is 10.1 Å². The molecule has 2 aromatic rings. The lowest BCUT2D eigenvalue weighted by Gasteiger charge is -2.06. The van der Waals surface area contributed by atoms with E-state index in [4.69, 9.17) is 0 Å². The molecule has 90 valence electrons. The normalized spacial score (nSPS) is 10.9. The van der Waals surface area contributed by atoms with Crippen LogP contribution in [0.4, 0.5) is 0 Å². The quantitative estimate of drug-likeness (QED) is 0.452. The van der Waals surface area contributed by atoms with Crippen molar-refractivity contribution in [2.24, 2.45) is 0 Å². The number of para-hydroxylation sites is 1. The summed E-state index contributed by atoms with van der Waals surface area (Å²) < 4.78 is 2.23. The number of unbranched alkanes of at least 4 members (excludes halogenated alkanes) is 1. The van der Waals surface area contributed by atoms with E-state index in [1.165, 1.54) is 16.6 Å². The van der Waals surface area contributed by atoms with Gasteiger partial charge in [0.05, 0.1) is 0 Å². The van der Waals surface area contributed by atoms with Crippen molar-refractivity contribution in [3.8, 4) is 0 Å². The van der Waals surface area contributed by atoms with Crippen LogP contribution in [0.3, 0.4) is 0 Å². The van der Waals surface area contributed by atoms with Gasteiger partial charge < -0.3 is 4.57 Å². The van der Waals surface area contributed by atoms with Crippen LogP contribution in [0, 0.1) is 17.0 Å². The standard InChI is InChI=1S/C13H16N2O2/c1-11-10-12-6-2-3-7-13(12)14(11)8-4-5-9-15(16)17/h2-3,6-7,10H,4-5,8-9H2,1H3. The Balaban J connectivity index is 2.07. The van der Waals surface area contributed by atoms with Crippen molar-refractivity contribution in [3.63, 3.8) is 0 Å². The van der Waals surface area contributed by atoms with Crippen LogP contribution in [-0.4, -0.2) is 16.0 Å². The monoisotopic (exact) mass is 232 g/mol. The zero-order chi connectivity index (χ0) is 12.3. The van der Waals surface area contributed by atoms with E-state index in [2.05, 4.69) is 29.7 Å². The molecule has 0 aliphatic carbocycles. The molecule has 0 radical (unpaired) electrons. The molecule has 0 spiro atoms. The van der Waals surface area contributed by atoms with Crippen LogP contribution >= 0.6 is 0 Å². The molecule has 0 saturated carbocycles. The minimum Gasteiger partial charge on any atom is -0.345 e. The van der Waals surface area contributed by atoms with Crippen LogP contribution in [0.1, 0.15) is 18.5 Å². The fourth-order valence-corrected chi connectivity index (χ4v) is 2.16. The summed E-state index contributed by atoms with van der Waals surface area (Å²) in [6.07, 6.45) is 1.49. The Labute approximate surface area is 100 Å². The molecule has 0 amide bonds. The topological polar surface area (TPSA) is 48.1 Å². The largest absolute Gasteiger partial charge is 0.345 e. The first-order chi connectivity index (χ1) is 8.18. The zero-order valence-corrected chi connectivity index (χ0v) is 9.93. The maximum atomic E-state index is 10.2. The molecular formula is C13H16N2O2. The number of benzene rings is 1. The second kappa shape index (κ2) is 4.99. The van der Waals surface area contributed by atoms with Crippen molar-refractivity contribution in [1.82, 2.24) is 4.57 Å². The molecule has 0 aliphatic rings. The lowest BCUT2D eigenvalue weighted by molar-refractivity contribution is -0.480. The van der Waals surface area contributed by atoms with Crippen molar-refractivity contribution in [2.75, 3.05) is 6.54 Å². The lowest BCUT2D eigenvalue weighted by atomic mass is 10.2. The third kappa shape index (κ3) is 2.64. The molecule has 0 bridgehead atoms. The molecule has 4 nitrogen and oxygen atoms in total. The van der Waals surface area contributed by atoms with E-state index in [-0.39, 0.29) is 11.5 Å². The Hall–Kier alpha value is -1.84. The summed E-state index contributed by atoms with van der Waals surface area (Å²) in [4.78, 5) is 9.99. The molecule has 0 aliphatic heterocycles. The second-order valence-electron chi connectivity index (χ2n) is 4.26. The maximum absolute atomic E-state index is 10.2. The summed E-state index contributed by atoms with van der Waals surface area (Å²) in [5.41, 5.74) is 2.43. The van der Waals surface area contributed by atoms with Crippen LogP contribution in [0.15, 0.2) is 30.3 Å². The first kappa shape index (κ1) is 11.6. The zero-order valence-electron chi connectivity index (χ0n) is 9.93. The summed E-state index contributed by atoms with van der Waals surface area (Å²) in [6, 6.07) is 10.4. The number of nitrogens with zero attached hydrogens (tertiary/aromatic N) is 2. The number of hydrogen-bond donors (Lipinski definition) is 0. The Bertz CT molecular complexity index is 531. The second-order valence-corrected chi connectivity index (χ2v) is 4.26. The smallest absolute Gasteiger partial charge is 0.203 e. The fourth-order valence-electron chi connectivity index (χ4n) is 2.16. The van der Waals surface area contributed by atoms with Crippen LogP contribution < -0.4 is 0 Å². The highest BCUT2D eigenvalue weighted by atomic mass is 16.6. The van der Waals surface area contributed by atoms with Gasteiger partial charge in [-0.3, -0.25) is 10.1 Å². The average molecular weight is 232 g/mol. The van der Waals surface area contributed by atoms with Crippen molar-refractivity contribution in [2.45, 2.75) is 26.3 Å². The highest BCUT2D eigenvalue weighted by molar-refractivity contribution is 5.81. The number of hydrogen-bond acceptors (Lipinski definition) is 2. The first-order valence-corrected chi connectivity index (χ1v) is 5.85. The molecule has 4 heteroatoms. The number of rotatable bonds is 5. The van der Waals surface area contributed by atoms with E-state index in [0.717, 1.165) is 13.0 Å². The summed E-state index contributed by atoms with van der Waals surface area (Å²) >= 11 is 0. The summed E-state index contributed by atoms with van der Waals surface area (Å²) in [6.45, 7) is 3.00. The molecule has 1 aromatic heterocycles. The third-order valence-electron chi connectivity index (χ3n) is 2.99. The van der Waals surface area contributed by atoms with Gasteiger partial charge in [0.15, 0.2) is 0 Å². The van der Waals surface area contributed by atoms with Gasteiger partial charge in [0, 0.05) is 29.1 Å². The predicted octanol–water partition coefficient (Wildman–Crippen LogP) is 3.01. The molecule has 0 unspecified atom stereocenters. The van der Waals surface area contributed by atoms with Gasteiger partial charge in [-0.1, -0.05) is 18.2 Å². The van der Waals surface area contributed by atoms with E-state index >= 15 is 0 Å². The van der Waals surface area contributed by atoms with E-state index in [1.807, 2.05) is 12.1 Å². The Morgan fingerprint density at radius 2 is 2.06 bits per heavy atom. The highest BCUT2D eigenvalue weighted by Crippen LogP contribution is 2.19. The van der Waals surface area contributed by atoms with Gasteiger partial charge in [-0.15, -0.1) is 0 Å². The predicted molar refractivity (Wildman–Crippen MR) is 67.8 cm³/mol. The van der Waals surface area contributed by atoms with Gasteiger partial charge >= 0.3 is 0 Å². The minimum absolute atomic E-state index is 0.0677. The number of nitro groups is 1. The molecule has 17 heavy (non-hydrogen) atoms. The number of fused-ring (bicyclic) bond motifs is 1. The van der Waals surface area contributed by atoms with Crippen molar-refractivity contribution < 1.29 is 4.92 Å². The fraction of sp³-hybridized carbons (Fsp3) is 0.385. The number of aromatic nitrogens is 1. The van der Waals surface area contributed by atoms with Crippen LogP contribution in [-0.2, 0) is 6.54 Å². The van der Waals surface area contributed by atoms with E-state index < -0.39 is 0 Å². The van der Waals surface area contributed by atoms with Gasteiger partial charge in [0.2, 0.25) is 6.54 Å². The van der Waals surface area contributed by atoms with Crippen LogP contribution in [0.25, 0.3) is 10.9 Å². The van der Waals surface area contributed by atoms with Gasteiger partial charge in [0.25, 0.3) is 0 Å². The molecule has 0 saturated heterocycles. The van der Waals surface area contributed by atoms with Gasteiger partial charge in [0.1, 0.15) is 0 Å². The lowest BCUT2D eigenvalue weighted by Crippen LogP contribution is -2.04. The highest BCUT2D eigenvalue weighted by Gasteiger charge is 2.05. The summed E-state index contributed by atoms with van der Waals surface area (Å²) in [5.74, 6) is 0. The van der Waals surface area contributed by atoms with Gasteiger partial charge in [-0.25, -0.2) is 0 Å². The molecule has 1 aromatic carbocycles. The molecule has 0 atom stereocenters. The third-order valence-corrected chi connectivity index (χ3v) is 2.99.